The van der Waals surface area contributed by atoms with Crippen LogP contribution in [0.5, 0.6) is 0 Å². The van der Waals surface area contributed by atoms with E-state index < -0.39 is 31.0 Å². The van der Waals surface area contributed by atoms with Crippen LogP contribution in [0.25, 0.3) is 0 Å². The second-order valence-electron chi connectivity index (χ2n) is 8.71. The van der Waals surface area contributed by atoms with Gasteiger partial charge in [0, 0.05) is 19.5 Å². The third-order valence-electron chi connectivity index (χ3n) is 2.84. The Morgan fingerprint density at radius 2 is 1.43 bits per heavy atom. The highest BCUT2D eigenvalue weighted by atomic mass is 28.4. The molecule has 0 aromatic carbocycles. The molecule has 0 spiro atoms. The molecule has 0 saturated carbocycles. The highest BCUT2D eigenvalue weighted by Crippen LogP contribution is 2.30. The van der Waals surface area contributed by atoms with Crippen LogP contribution < -0.4 is 11.1 Å². The molecule has 0 aliphatic heterocycles. The van der Waals surface area contributed by atoms with Gasteiger partial charge in [-0.25, -0.2) is 0 Å². The Labute approximate surface area is 147 Å². The van der Waals surface area contributed by atoms with Crippen LogP contribution in [0.15, 0.2) is 0 Å². The van der Waals surface area contributed by atoms with Crippen molar-refractivity contribution in [1.82, 2.24) is 5.32 Å². The molecule has 0 saturated heterocycles. The van der Waals surface area contributed by atoms with Gasteiger partial charge in [0.05, 0.1) is 0 Å². The molecule has 0 fully saturated rings. The van der Waals surface area contributed by atoms with Crippen LogP contribution in [-0.4, -0.2) is 50.6 Å². The smallest absolute Gasteiger partial charge is 0.323 e. The molecule has 0 aliphatic rings. The number of rotatable bonds is 12. The highest BCUT2D eigenvalue weighted by molar-refractivity contribution is 6.81. The van der Waals surface area contributed by atoms with Crippen LogP contribution in [0.4, 0.5) is 0 Å². The van der Waals surface area contributed by atoms with Gasteiger partial charge in [-0.3, -0.25) is 0 Å². The summed E-state index contributed by atoms with van der Waals surface area (Å²) in [7, 11) is -5.58. The van der Waals surface area contributed by atoms with Crippen molar-refractivity contribution in [2.24, 2.45) is 5.73 Å². The van der Waals surface area contributed by atoms with E-state index in [0.717, 1.165) is 25.9 Å². The zero-order valence-corrected chi connectivity index (χ0v) is 19.8. The predicted octanol–water partition coefficient (Wildman–Crippen LogP) is 3.45. The first kappa shape index (κ1) is 23.5. The minimum atomic E-state index is -2.23. The molecule has 0 amide bonds. The second-order valence-corrected chi connectivity index (χ2v) is 21.2. The van der Waals surface area contributed by atoms with Crippen molar-refractivity contribution in [3.8, 4) is 0 Å². The average Bonchev–Trinajstić information content (AvgIpc) is 2.20. The van der Waals surface area contributed by atoms with E-state index in [-0.39, 0.29) is 0 Å². The van der Waals surface area contributed by atoms with E-state index in [9.17, 15) is 0 Å². The quantitative estimate of drug-likeness (QED) is 0.308. The van der Waals surface area contributed by atoms with Gasteiger partial charge in [0.15, 0.2) is 16.6 Å². The molecule has 5 nitrogen and oxygen atoms in total. The first-order chi connectivity index (χ1) is 10.2. The molecule has 1 unspecified atom stereocenters. The number of nitrogens with two attached hydrogens (primary N) is 1. The lowest BCUT2D eigenvalue weighted by Gasteiger charge is -2.43. The van der Waals surface area contributed by atoms with Crippen molar-refractivity contribution in [1.29, 1.82) is 0 Å². The molecular formula is C15H40N2O3Si3. The minimum absolute atomic E-state index is 0.565. The van der Waals surface area contributed by atoms with Crippen LogP contribution in [0.2, 0.25) is 52.4 Å². The monoisotopic (exact) mass is 380 g/mol. The van der Waals surface area contributed by atoms with Crippen molar-refractivity contribution < 1.29 is 13.0 Å². The molecule has 0 aromatic heterocycles. The Morgan fingerprint density at radius 1 is 0.870 bits per heavy atom. The first-order valence-electron chi connectivity index (χ1n) is 8.69. The normalized spacial score (nSPS) is 16.4. The van der Waals surface area contributed by atoms with Gasteiger partial charge in [0.25, 0.3) is 0 Å². The van der Waals surface area contributed by atoms with E-state index >= 15 is 0 Å². The van der Waals surface area contributed by atoms with E-state index in [0.29, 0.717) is 6.54 Å². The molecule has 0 rings (SSSR count). The molecule has 1 atom stereocenters. The molecule has 3 N–H and O–H groups in total. The largest absolute Gasteiger partial charge is 0.436 e. The lowest BCUT2D eigenvalue weighted by molar-refractivity contribution is -0.127. The summed E-state index contributed by atoms with van der Waals surface area (Å²) in [6, 6.07) is 0. The van der Waals surface area contributed by atoms with Crippen molar-refractivity contribution in [3.63, 3.8) is 0 Å². The molecule has 0 radical (unpaired) electrons. The van der Waals surface area contributed by atoms with E-state index in [2.05, 4.69) is 64.6 Å². The molecule has 23 heavy (non-hydrogen) atoms. The van der Waals surface area contributed by atoms with Crippen LogP contribution in [-0.2, 0) is 13.0 Å². The molecule has 8 heteroatoms. The summed E-state index contributed by atoms with van der Waals surface area (Å²) in [6.45, 7) is 22.0. The van der Waals surface area contributed by atoms with Crippen LogP contribution in [0.1, 0.15) is 19.8 Å². The Balaban J connectivity index is 4.84. The summed E-state index contributed by atoms with van der Waals surface area (Å²) in [5, 5.41) is 3.33. The van der Waals surface area contributed by atoms with Crippen LogP contribution in [0, 0.1) is 0 Å². The third-order valence-corrected chi connectivity index (χ3v) is 9.22. The SMILES string of the molecule is CC(CCCNCCN)(O[Si](C)(C)C)O[Si](C)(C)O[Si](C)(C)C. The summed E-state index contributed by atoms with van der Waals surface area (Å²) in [4.78, 5) is 0. The zero-order chi connectivity index (χ0) is 18.4. The van der Waals surface area contributed by atoms with Crippen molar-refractivity contribution in [3.05, 3.63) is 0 Å². The van der Waals surface area contributed by atoms with E-state index in [1.807, 2.05) is 0 Å². The van der Waals surface area contributed by atoms with Gasteiger partial charge in [0.1, 0.15) is 5.79 Å². The van der Waals surface area contributed by atoms with Crippen molar-refractivity contribution in [2.75, 3.05) is 19.6 Å². The fourth-order valence-corrected chi connectivity index (χ4v) is 11.6. The summed E-state index contributed by atoms with van der Waals surface area (Å²) in [6.07, 6.45) is 1.86. The molecule has 0 heterocycles. The maximum atomic E-state index is 6.50. The lowest BCUT2D eigenvalue weighted by atomic mass is 10.2. The Bertz CT molecular complexity index is 344. The Hall–Kier alpha value is 0.451. The molecule has 140 valence electrons. The fraction of sp³-hybridized carbons (Fsp3) is 1.00. The fourth-order valence-electron chi connectivity index (χ4n) is 2.81. The topological polar surface area (TPSA) is 65.7 Å². The second kappa shape index (κ2) is 9.23. The highest BCUT2D eigenvalue weighted by Gasteiger charge is 2.41. The Kier molecular flexibility index (Phi) is 9.41. The van der Waals surface area contributed by atoms with Crippen LogP contribution in [0.3, 0.4) is 0 Å². The molecule has 0 aromatic rings. The summed E-state index contributed by atoms with van der Waals surface area (Å²) in [5.41, 5.74) is 5.51. The van der Waals surface area contributed by atoms with Crippen molar-refractivity contribution >= 4 is 25.2 Å². The number of nitrogens with one attached hydrogen (secondary N) is 1. The van der Waals surface area contributed by atoms with Gasteiger partial charge in [-0.2, -0.15) is 0 Å². The lowest BCUT2D eigenvalue weighted by Crippen LogP contribution is -2.53. The summed E-state index contributed by atoms with van der Waals surface area (Å²) < 4.78 is 19.3. The minimum Gasteiger partial charge on any atom is -0.436 e. The van der Waals surface area contributed by atoms with Gasteiger partial charge in [-0.1, -0.05) is 0 Å². The molecule has 0 bridgehead atoms. The van der Waals surface area contributed by atoms with E-state index in [1.54, 1.807) is 0 Å². The van der Waals surface area contributed by atoms with Gasteiger partial charge in [-0.05, 0) is 72.3 Å². The molecule has 0 aliphatic carbocycles. The molecular weight excluding hydrogens is 340 g/mol. The van der Waals surface area contributed by atoms with E-state index in [1.165, 1.54) is 0 Å². The maximum absolute atomic E-state index is 6.50. The number of hydrogen-bond donors (Lipinski definition) is 2. The number of hydrogen-bond acceptors (Lipinski definition) is 5. The summed E-state index contributed by atoms with van der Waals surface area (Å²) in [5.74, 6) is -0.565. The van der Waals surface area contributed by atoms with Gasteiger partial charge in [0.2, 0.25) is 0 Å². The maximum Gasteiger partial charge on any atom is 0.323 e. The summed E-state index contributed by atoms with van der Waals surface area (Å²) >= 11 is 0. The standard InChI is InChI=1S/C15H40N2O3Si3/c1-15(18-21(2,3)4,11-10-13-17-14-12-16)19-23(8,9)20-22(5,6)7/h17H,10-14,16H2,1-9H3. The van der Waals surface area contributed by atoms with Gasteiger partial charge in [-0.15, -0.1) is 0 Å². The average molecular weight is 381 g/mol. The van der Waals surface area contributed by atoms with Gasteiger partial charge >= 0.3 is 8.56 Å². The van der Waals surface area contributed by atoms with Gasteiger partial charge < -0.3 is 24.0 Å². The van der Waals surface area contributed by atoms with Crippen molar-refractivity contribution in [2.45, 2.75) is 77.9 Å². The predicted molar refractivity (Wildman–Crippen MR) is 107 cm³/mol. The van der Waals surface area contributed by atoms with Crippen LogP contribution >= 0.6 is 0 Å². The first-order valence-corrected chi connectivity index (χ1v) is 18.3. The van der Waals surface area contributed by atoms with E-state index in [4.69, 9.17) is 18.7 Å². The zero-order valence-electron chi connectivity index (χ0n) is 16.8. The third kappa shape index (κ3) is 13.4. The Morgan fingerprint density at radius 3 is 1.87 bits per heavy atom.